The molecule has 4 heteroatoms. The Morgan fingerprint density at radius 2 is 1.61 bits per heavy atom. The number of nitrogens with zero attached hydrogens (tertiary/aromatic N) is 1. The van der Waals surface area contributed by atoms with Gasteiger partial charge in [-0.25, -0.2) is 4.39 Å². The number of carbonyl (C=O) groups is 1. The molecule has 0 saturated carbocycles. The molecule has 33 heavy (non-hydrogen) atoms. The van der Waals surface area contributed by atoms with Gasteiger partial charge in [0.2, 0.25) is 5.91 Å². The van der Waals surface area contributed by atoms with E-state index in [1.165, 1.54) is 13.0 Å². The molecule has 0 radical (unpaired) electrons. The van der Waals surface area contributed by atoms with Gasteiger partial charge in [0, 0.05) is 11.9 Å². The van der Waals surface area contributed by atoms with Crippen LogP contribution in [0.15, 0.2) is 124 Å². The lowest BCUT2D eigenvalue weighted by molar-refractivity contribution is -0.119. The summed E-state index contributed by atoms with van der Waals surface area (Å²) in [6, 6.07) is 0. The highest BCUT2D eigenvalue weighted by atomic mass is 19.1. The molecule has 0 aliphatic heterocycles. The van der Waals surface area contributed by atoms with Gasteiger partial charge in [0.25, 0.3) is 0 Å². The number of aliphatic imine (C=N–C) groups is 1. The van der Waals surface area contributed by atoms with Crippen molar-refractivity contribution in [3.8, 4) is 0 Å². The van der Waals surface area contributed by atoms with E-state index in [-0.39, 0.29) is 18.2 Å². The van der Waals surface area contributed by atoms with E-state index in [2.05, 4.69) is 30.0 Å². The predicted octanol–water partition coefficient (Wildman–Crippen LogP) is 7.94. The van der Waals surface area contributed by atoms with Crippen molar-refractivity contribution in [2.75, 3.05) is 0 Å². The van der Waals surface area contributed by atoms with Crippen molar-refractivity contribution in [3.63, 3.8) is 0 Å². The molecule has 0 bridgehead atoms. The zero-order valence-electron chi connectivity index (χ0n) is 20.8. The molecule has 0 fully saturated rings. The van der Waals surface area contributed by atoms with Gasteiger partial charge in [-0.1, -0.05) is 62.3 Å². The van der Waals surface area contributed by atoms with Crippen molar-refractivity contribution >= 4 is 12.1 Å². The van der Waals surface area contributed by atoms with E-state index in [0.717, 1.165) is 28.1 Å². The van der Waals surface area contributed by atoms with Gasteiger partial charge in [0.1, 0.15) is 0 Å². The fourth-order valence-electron chi connectivity index (χ4n) is 2.77. The highest BCUT2D eigenvalue weighted by molar-refractivity contribution is 5.81. The van der Waals surface area contributed by atoms with E-state index in [0.29, 0.717) is 11.1 Å². The summed E-state index contributed by atoms with van der Waals surface area (Å²) in [5.41, 5.74) is 5.51. The smallest absolute Gasteiger partial charge is 0.228 e. The van der Waals surface area contributed by atoms with E-state index >= 15 is 0 Å². The van der Waals surface area contributed by atoms with E-state index in [1.807, 2.05) is 65.0 Å². The molecule has 0 aliphatic carbocycles. The van der Waals surface area contributed by atoms with E-state index in [9.17, 15) is 9.18 Å². The molecular weight excluding hydrogens is 411 g/mol. The van der Waals surface area contributed by atoms with Gasteiger partial charge in [-0.05, 0) is 81.6 Å². The van der Waals surface area contributed by atoms with Crippen LogP contribution >= 0.6 is 0 Å². The molecule has 0 aromatic carbocycles. The number of amides is 1. The first-order chi connectivity index (χ1) is 15.6. The van der Waals surface area contributed by atoms with Crippen LogP contribution in [0.2, 0.25) is 0 Å². The minimum atomic E-state index is -0.316. The third kappa shape index (κ3) is 12.2. The van der Waals surface area contributed by atoms with Crippen LogP contribution in [0.1, 0.15) is 48.0 Å². The first kappa shape index (κ1) is 29.5. The second-order valence-corrected chi connectivity index (χ2v) is 7.37. The molecule has 0 unspecified atom stereocenters. The monoisotopic (exact) mass is 448 g/mol. The topological polar surface area (TPSA) is 41.5 Å². The second kappa shape index (κ2) is 16.2. The molecule has 0 atom stereocenters. The molecule has 0 heterocycles. The first-order valence-electron chi connectivity index (χ1n) is 10.8. The highest BCUT2D eigenvalue weighted by Crippen LogP contribution is 2.22. The molecule has 3 nitrogen and oxygen atoms in total. The fraction of sp³-hybridized carbons (Fsp3) is 0.241. The molecule has 1 N–H and O–H groups in total. The Morgan fingerprint density at radius 1 is 0.939 bits per heavy atom. The van der Waals surface area contributed by atoms with Gasteiger partial charge in [-0.15, -0.1) is 0 Å². The van der Waals surface area contributed by atoms with E-state index < -0.39 is 0 Å². The Morgan fingerprint density at radius 3 is 2.12 bits per heavy atom. The highest BCUT2D eigenvalue weighted by Gasteiger charge is 2.08. The lowest BCUT2D eigenvalue weighted by atomic mass is 9.97. The Hall–Kier alpha value is -3.53. The molecule has 0 aromatic heterocycles. The quantitative estimate of drug-likeness (QED) is 0.239. The molecule has 0 rings (SSSR count). The summed E-state index contributed by atoms with van der Waals surface area (Å²) >= 11 is 0. The van der Waals surface area contributed by atoms with Crippen LogP contribution in [-0.2, 0) is 4.79 Å². The maximum atomic E-state index is 13.4. The summed E-state index contributed by atoms with van der Waals surface area (Å²) in [6.07, 6.45) is 17.6. The van der Waals surface area contributed by atoms with Crippen molar-refractivity contribution in [2.24, 2.45) is 4.99 Å². The van der Waals surface area contributed by atoms with Crippen molar-refractivity contribution < 1.29 is 9.18 Å². The number of carbonyl (C=O) groups excluding carboxylic acids is 1. The SMILES string of the molecule is C=CC=NC(=C\C)/C(C)=C/C=C(\C)NC(=O)CC(=C/C)/C=C(/C)C(=C)C(/C=C(\C)F)=C/C=C. The van der Waals surface area contributed by atoms with Crippen LogP contribution < -0.4 is 5.32 Å². The van der Waals surface area contributed by atoms with Gasteiger partial charge in [-0.3, -0.25) is 9.79 Å². The van der Waals surface area contributed by atoms with Gasteiger partial charge in [0.15, 0.2) is 0 Å². The van der Waals surface area contributed by atoms with Crippen molar-refractivity contribution in [2.45, 2.75) is 48.0 Å². The molecule has 1 amide bonds. The Labute approximate surface area is 199 Å². The molecule has 176 valence electrons. The van der Waals surface area contributed by atoms with Crippen molar-refractivity contribution in [3.05, 3.63) is 120 Å². The molecule has 0 aliphatic rings. The minimum absolute atomic E-state index is 0.130. The minimum Gasteiger partial charge on any atom is -0.330 e. The van der Waals surface area contributed by atoms with Crippen LogP contribution in [-0.4, -0.2) is 12.1 Å². The summed E-state index contributed by atoms with van der Waals surface area (Å²) < 4.78 is 13.4. The second-order valence-electron chi connectivity index (χ2n) is 7.37. The maximum Gasteiger partial charge on any atom is 0.228 e. The number of halogens is 1. The molecule has 0 aromatic rings. The lowest BCUT2D eigenvalue weighted by Crippen LogP contribution is -2.21. The van der Waals surface area contributed by atoms with E-state index in [4.69, 9.17) is 0 Å². The van der Waals surface area contributed by atoms with Gasteiger partial charge < -0.3 is 5.32 Å². The summed E-state index contributed by atoms with van der Waals surface area (Å²) in [4.78, 5) is 16.8. The van der Waals surface area contributed by atoms with Crippen molar-refractivity contribution in [1.82, 2.24) is 5.32 Å². The summed E-state index contributed by atoms with van der Waals surface area (Å²) in [5, 5.41) is 2.90. The Kier molecular flexibility index (Phi) is 14.4. The molecule has 0 saturated heterocycles. The summed E-state index contributed by atoms with van der Waals surface area (Å²) in [7, 11) is 0. The van der Waals surface area contributed by atoms with Gasteiger partial charge in [-0.2, -0.15) is 0 Å². The van der Waals surface area contributed by atoms with Crippen molar-refractivity contribution in [1.29, 1.82) is 0 Å². The zero-order chi connectivity index (χ0) is 25.4. The maximum absolute atomic E-state index is 13.4. The van der Waals surface area contributed by atoms with Crippen LogP contribution in [0.5, 0.6) is 0 Å². The van der Waals surface area contributed by atoms with Crippen LogP contribution in [0, 0.1) is 0 Å². The fourth-order valence-corrected chi connectivity index (χ4v) is 2.77. The summed E-state index contributed by atoms with van der Waals surface area (Å²) in [5.74, 6) is -0.446. The third-order valence-corrected chi connectivity index (χ3v) is 4.53. The molecule has 0 spiro atoms. The van der Waals surface area contributed by atoms with E-state index in [1.54, 1.807) is 24.4 Å². The normalized spacial score (nSPS) is 15.1. The van der Waals surface area contributed by atoms with Crippen LogP contribution in [0.4, 0.5) is 4.39 Å². The summed E-state index contributed by atoms with van der Waals surface area (Å²) in [6.45, 7) is 22.2. The third-order valence-electron chi connectivity index (χ3n) is 4.53. The number of hydrogen-bond donors (Lipinski definition) is 1. The van der Waals surface area contributed by atoms with Gasteiger partial charge in [0.05, 0.1) is 17.9 Å². The lowest BCUT2D eigenvalue weighted by Gasteiger charge is -2.10. The van der Waals surface area contributed by atoms with Gasteiger partial charge >= 0.3 is 0 Å². The Balaban J connectivity index is 5.37. The number of rotatable bonds is 12. The molecular formula is C29H37FN2O. The number of nitrogens with one attached hydrogen (secondary N) is 1. The number of hydrogen-bond acceptors (Lipinski definition) is 2. The average molecular weight is 449 g/mol. The number of allylic oxidation sites excluding steroid dienone is 15. The standard InChI is InChI=1S/C29H37FN2O/c1-10-14-27(19-23(7)30)25(9)22(6)18-26(12-3)20-29(33)32-24(8)16-15-21(5)28(13-4)31-17-11-2/h10-19H,1-2,9,20H2,3-8H3,(H,32,33)/b21-15+,22-18-,23-19+,24-16+,26-12+,27-14+,28-13-,31-17?. The predicted molar refractivity (Wildman–Crippen MR) is 143 cm³/mol. The zero-order valence-corrected chi connectivity index (χ0v) is 20.8. The van der Waals surface area contributed by atoms with Crippen LogP contribution in [0.25, 0.3) is 0 Å². The largest absolute Gasteiger partial charge is 0.330 e. The Bertz CT molecular complexity index is 989. The average Bonchev–Trinajstić information content (AvgIpc) is 2.76. The van der Waals surface area contributed by atoms with Crippen LogP contribution in [0.3, 0.4) is 0 Å². The first-order valence-corrected chi connectivity index (χ1v) is 10.8.